The van der Waals surface area contributed by atoms with Crippen LogP contribution in [0.4, 0.5) is 17.1 Å². The summed E-state index contributed by atoms with van der Waals surface area (Å²) in [7, 11) is 1.80. The Kier molecular flexibility index (Phi) is 6.66. The highest BCUT2D eigenvalue weighted by Crippen LogP contribution is 2.32. The highest BCUT2D eigenvalue weighted by atomic mass is 79.9. The summed E-state index contributed by atoms with van der Waals surface area (Å²) in [6, 6.07) is 5.80. The Bertz CT molecular complexity index is 1160. The van der Waals surface area contributed by atoms with Crippen molar-refractivity contribution in [3.63, 3.8) is 0 Å². The number of amides is 2. The van der Waals surface area contributed by atoms with Gasteiger partial charge < -0.3 is 31.5 Å². The van der Waals surface area contributed by atoms with E-state index in [1.807, 2.05) is 28.0 Å². The highest BCUT2D eigenvalue weighted by Gasteiger charge is 2.33. The number of hydrogen-bond acceptors (Lipinski definition) is 7. The van der Waals surface area contributed by atoms with Gasteiger partial charge in [0.15, 0.2) is 0 Å². The SMILES string of the molecule is CNc1cncc(C(=O)N2CCC[C@@H](Nc3c(N)cc(Br)cc3C(=O)N3CC4C=CC(C3)N4)C2)c1. The fourth-order valence-corrected chi connectivity index (χ4v) is 5.56. The highest BCUT2D eigenvalue weighted by molar-refractivity contribution is 9.10. The van der Waals surface area contributed by atoms with Crippen LogP contribution in [0.15, 0.2) is 47.2 Å². The molecular formula is C25H30BrN7O2. The molecule has 3 atom stereocenters. The molecular weight excluding hydrogens is 510 g/mol. The second-order valence-electron chi connectivity index (χ2n) is 9.34. The van der Waals surface area contributed by atoms with Gasteiger partial charge in [0.1, 0.15) is 0 Å². The lowest BCUT2D eigenvalue weighted by molar-refractivity contribution is 0.0698. The third-order valence-electron chi connectivity index (χ3n) is 6.82. The van der Waals surface area contributed by atoms with E-state index in [1.165, 1.54) is 0 Å². The first kappa shape index (κ1) is 23.6. The van der Waals surface area contributed by atoms with Crippen molar-refractivity contribution in [3.8, 4) is 0 Å². The predicted octanol–water partition coefficient (Wildman–Crippen LogP) is 2.54. The van der Waals surface area contributed by atoms with Crippen LogP contribution in [-0.2, 0) is 0 Å². The van der Waals surface area contributed by atoms with Crippen molar-refractivity contribution < 1.29 is 9.59 Å². The van der Waals surface area contributed by atoms with E-state index in [0.29, 0.717) is 48.7 Å². The van der Waals surface area contributed by atoms with Crippen molar-refractivity contribution in [1.29, 1.82) is 0 Å². The Morgan fingerprint density at radius 1 is 1.09 bits per heavy atom. The number of nitrogen functional groups attached to an aromatic ring is 1. The number of aromatic nitrogens is 1. The number of likely N-dealkylation sites (tertiary alicyclic amines) is 1. The second-order valence-corrected chi connectivity index (χ2v) is 10.3. The number of carbonyl (C=O) groups is 2. The maximum atomic E-state index is 13.6. The van der Waals surface area contributed by atoms with Crippen LogP contribution in [0.1, 0.15) is 33.6 Å². The number of carbonyl (C=O) groups excluding carboxylic acids is 2. The van der Waals surface area contributed by atoms with Crippen molar-refractivity contribution >= 4 is 44.8 Å². The number of hydrogen-bond donors (Lipinski definition) is 4. The van der Waals surface area contributed by atoms with E-state index in [0.717, 1.165) is 23.0 Å². The van der Waals surface area contributed by atoms with Crippen molar-refractivity contribution in [2.45, 2.75) is 31.0 Å². The average Bonchev–Trinajstić information content (AvgIpc) is 3.21. The Hall–Kier alpha value is -3.11. The molecule has 5 rings (SSSR count). The molecule has 0 saturated carbocycles. The van der Waals surface area contributed by atoms with E-state index in [9.17, 15) is 9.59 Å². The largest absolute Gasteiger partial charge is 0.397 e. The van der Waals surface area contributed by atoms with E-state index in [-0.39, 0.29) is 29.9 Å². The standard InChI is InChI=1S/C25H30BrN7O2/c1-28-20-7-15(10-29-11-20)24(34)32-6-2-3-17(12-32)31-23-21(8-16(26)9-22(23)27)25(35)33-13-18-4-5-19(14-33)30-18/h4-5,7-11,17-19,28,30-31H,2-3,6,12-14,27H2,1H3/t17-,18?,19?/m1/s1. The fraction of sp³-hybridized carbons (Fsp3) is 0.400. The molecule has 3 aliphatic rings. The Labute approximate surface area is 213 Å². The molecule has 0 aliphatic carbocycles. The number of nitrogens with two attached hydrogens (primary N) is 1. The fourth-order valence-electron chi connectivity index (χ4n) is 5.08. The van der Waals surface area contributed by atoms with E-state index >= 15 is 0 Å². The first-order valence-corrected chi connectivity index (χ1v) is 12.7. The van der Waals surface area contributed by atoms with Gasteiger partial charge in [-0.3, -0.25) is 14.6 Å². The van der Waals surface area contributed by atoms with E-state index in [1.54, 1.807) is 19.4 Å². The van der Waals surface area contributed by atoms with Gasteiger partial charge in [-0.05, 0) is 31.0 Å². The van der Waals surface area contributed by atoms with Gasteiger partial charge in [0, 0.05) is 68.2 Å². The number of nitrogens with zero attached hydrogens (tertiary/aromatic N) is 3. The van der Waals surface area contributed by atoms with Crippen LogP contribution in [-0.4, -0.2) is 78.0 Å². The van der Waals surface area contributed by atoms with Gasteiger partial charge in [-0.2, -0.15) is 0 Å². The van der Waals surface area contributed by atoms with Crippen molar-refractivity contribution in [3.05, 3.63) is 58.3 Å². The third kappa shape index (κ3) is 4.99. The summed E-state index contributed by atoms with van der Waals surface area (Å²) in [5.74, 6) is -0.0932. The number of fused-ring (bicyclic) bond motifs is 2. The summed E-state index contributed by atoms with van der Waals surface area (Å²) in [6.45, 7) is 2.46. The first-order chi connectivity index (χ1) is 16.9. The number of halogens is 1. The number of rotatable bonds is 5. The third-order valence-corrected chi connectivity index (χ3v) is 7.28. The van der Waals surface area contributed by atoms with Gasteiger partial charge in [-0.1, -0.05) is 28.1 Å². The van der Waals surface area contributed by atoms with Crippen LogP contribution >= 0.6 is 15.9 Å². The molecule has 4 heterocycles. The molecule has 3 aliphatic heterocycles. The monoisotopic (exact) mass is 539 g/mol. The summed E-state index contributed by atoms with van der Waals surface area (Å²) in [4.78, 5) is 34.6. The number of piperazine rings is 1. The van der Waals surface area contributed by atoms with Gasteiger partial charge >= 0.3 is 0 Å². The number of anilines is 3. The smallest absolute Gasteiger partial charge is 0.256 e. The molecule has 10 heteroatoms. The molecule has 2 amide bonds. The lowest BCUT2D eigenvalue weighted by atomic mass is 10.0. The lowest BCUT2D eigenvalue weighted by Crippen LogP contribution is -2.53. The van der Waals surface area contributed by atoms with E-state index in [2.05, 4.69) is 49.0 Å². The Balaban J connectivity index is 1.34. The molecule has 2 fully saturated rings. The second kappa shape index (κ2) is 9.87. The van der Waals surface area contributed by atoms with Gasteiger partial charge in [0.05, 0.1) is 28.2 Å². The summed E-state index contributed by atoms with van der Waals surface area (Å²) in [5, 5.41) is 10.0. The minimum Gasteiger partial charge on any atom is -0.397 e. The van der Waals surface area contributed by atoms with Crippen LogP contribution in [0.5, 0.6) is 0 Å². The van der Waals surface area contributed by atoms with Gasteiger partial charge in [-0.25, -0.2) is 0 Å². The molecule has 184 valence electrons. The molecule has 5 N–H and O–H groups in total. The molecule has 2 aromatic rings. The minimum absolute atomic E-state index is 0.0240. The van der Waals surface area contributed by atoms with Crippen molar-refractivity contribution in [2.24, 2.45) is 0 Å². The molecule has 1 aromatic heterocycles. The van der Waals surface area contributed by atoms with Gasteiger partial charge in [0.2, 0.25) is 0 Å². The van der Waals surface area contributed by atoms with Crippen LogP contribution in [0.2, 0.25) is 0 Å². The van der Waals surface area contributed by atoms with Crippen LogP contribution in [0.3, 0.4) is 0 Å². The quantitative estimate of drug-likeness (QED) is 0.340. The molecule has 0 spiro atoms. The van der Waals surface area contributed by atoms with Crippen molar-refractivity contribution in [2.75, 3.05) is 49.6 Å². The Morgan fingerprint density at radius 3 is 2.60 bits per heavy atom. The zero-order chi connectivity index (χ0) is 24.5. The maximum Gasteiger partial charge on any atom is 0.256 e. The zero-order valence-corrected chi connectivity index (χ0v) is 21.2. The first-order valence-electron chi connectivity index (χ1n) is 11.9. The number of nitrogens with one attached hydrogen (secondary N) is 3. The molecule has 9 nitrogen and oxygen atoms in total. The molecule has 2 unspecified atom stereocenters. The summed E-state index contributed by atoms with van der Waals surface area (Å²) in [6.07, 6.45) is 9.27. The molecule has 35 heavy (non-hydrogen) atoms. The topological polar surface area (TPSA) is 116 Å². The Morgan fingerprint density at radius 2 is 1.86 bits per heavy atom. The zero-order valence-electron chi connectivity index (χ0n) is 19.6. The van der Waals surface area contributed by atoms with E-state index in [4.69, 9.17) is 5.73 Å². The van der Waals surface area contributed by atoms with Gasteiger partial charge in [0.25, 0.3) is 11.8 Å². The summed E-state index contributed by atoms with van der Waals surface area (Å²) < 4.78 is 0.762. The van der Waals surface area contributed by atoms with Crippen LogP contribution in [0, 0.1) is 0 Å². The molecule has 2 saturated heterocycles. The summed E-state index contributed by atoms with van der Waals surface area (Å²) in [5.41, 5.74) is 9.45. The molecule has 0 radical (unpaired) electrons. The number of pyridine rings is 1. The molecule has 1 aromatic carbocycles. The number of benzene rings is 1. The predicted molar refractivity (Wildman–Crippen MR) is 141 cm³/mol. The van der Waals surface area contributed by atoms with Crippen molar-refractivity contribution in [1.82, 2.24) is 20.1 Å². The summed E-state index contributed by atoms with van der Waals surface area (Å²) >= 11 is 3.50. The number of piperidine rings is 1. The van der Waals surface area contributed by atoms with Crippen LogP contribution < -0.4 is 21.7 Å². The average molecular weight is 540 g/mol. The van der Waals surface area contributed by atoms with Crippen LogP contribution in [0.25, 0.3) is 0 Å². The minimum atomic E-state index is -0.0510. The lowest BCUT2D eigenvalue weighted by Gasteiger charge is -2.36. The molecule has 2 bridgehead atoms. The normalized spacial score (nSPS) is 23.3. The van der Waals surface area contributed by atoms with Gasteiger partial charge in [-0.15, -0.1) is 0 Å². The van der Waals surface area contributed by atoms with E-state index < -0.39 is 0 Å². The maximum absolute atomic E-state index is 13.6.